The number of benzene rings is 2. The van der Waals surface area contributed by atoms with Crippen LogP contribution >= 0.6 is 0 Å². The van der Waals surface area contributed by atoms with Crippen molar-refractivity contribution in [3.05, 3.63) is 100 Å². The summed E-state index contributed by atoms with van der Waals surface area (Å²) >= 11 is 0. The molecule has 5 aromatic rings. The summed E-state index contributed by atoms with van der Waals surface area (Å²) in [6, 6.07) is 13.6. The molecule has 0 radical (unpaired) electrons. The molecule has 12 heteroatoms. The quantitative estimate of drug-likeness (QED) is 0.277. The van der Waals surface area contributed by atoms with Crippen molar-refractivity contribution in [3.8, 4) is 11.1 Å². The Hall–Kier alpha value is -5.10. The minimum atomic E-state index is -1.29. The van der Waals surface area contributed by atoms with Gasteiger partial charge in [-0.25, -0.2) is 18.6 Å². The van der Waals surface area contributed by atoms with Crippen LogP contribution in [0.15, 0.2) is 71.8 Å². The van der Waals surface area contributed by atoms with E-state index in [9.17, 15) is 14.4 Å². The highest BCUT2D eigenvalue weighted by atomic mass is 19.1. The zero-order valence-corrected chi connectivity index (χ0v) is 24.9. The number of halogens is 2. The number of esters is 1. The highest BCUT2D eigenvalue weighted by Crippen LogP contribution is 2.27. The van der Waals surface area contributed by atoms with Crippen molar-refractivity contribution in [2.75, 3.05) is 31.8 Å². The van der Waals surface area contributed by atoms with Gasteiger partial charge in [-0.15, -0.1) is 0 Å². The lowest BCUT2D eigenvalue weighted by atomic mass is 10.0. The van der Waals surface area contributed by atoms with Gasteiger partial charge in [0.25, 0.3) is 11.5 Å². The number of carbonyl (C=O) groups is 2. The van der Waals surface area contributed by atoms with E-state index in [4.69, 9.17) is 9.47 Å². The smallest absolute Gasteiger partial charge is 0.328 e. The van der Waals surface area contributed by atoms with Crippen LogP contribution in [0.4, 0.5) is 14.5 Å². The molecule has 232 valence electrons. The number of fused-ring (bicyclic) bond motifs is 2. The van der Waals surface area contributed by atoms with Gasteiger partial charge < -0.3 is 28.7 Å². The molecule has 45 heavy (non-hydrogen) atoms. The second kappa shape index (κ2) is 12.1. The van der Waals surface area contributed by atoms with Crippen molar-refractivity contribution >= 4 is 34.1 Å². The van der Waals surface area contributed by atoms with E-state index in [2.05, 4.69) is 10.3 Å². The highest BCUT2D eigenvalue weighted by molar-refractivity contribution is 5.97. The summed E-state index contributed by atoms with van der Waals surface area (Å²) in [4.78, 5) is 45.6. The number of anilines is 1. The molecule has 4 heterocycles. The lowest BCUT2D eigenvalue weighted by molar-refractivity contribution is -0.142. The Kier molecular flexibility index (Phi) is 8.07. The third kappa shape index (κ3) is 5.53. The van der Waals surface area contributed by atoms with E-state index in [1.165, 1.54) is 0 Å². The fraction of sp³-hybridized carbons (Fsp3) is 0.273. The SMILES string of the molecule is COC(=O)[C@H](Cc1ccc(-c2cc3ccccc3n(C)c2=O)c2nccn12)NC(=O)c1c(F)cc(N2CCOC[C@@H]2C)cc1F. The summed E-state index contributed by atoms with van der Waals surface area (Å²) in [5, 5.41) is 3.33. The molecule has 1 aliphatic heterocycles. The average molecular weight is 616 g/mol. The molecule has 0 unspecified atom stereocenters. The van der Waals surface area contributed by atoms with Crippen molar-refractivity contribution in [2.45, 2.75) is 25.4 Å². The van der Waals surface area contributed by atoms with Gasteiger partial charge in [-0.1, -0.05) is 18.2 Å². The number of morpholine rings is 1. The van der Waals surface area contributed by atoms with E-state index in [1.807, 2.05) is 42.2 Å². The Morgan fingerprint density at radius 2 is 1.87 bits per heavy atom. The molecule has 0 spiro atoms. The normalized spacial score (nSPS) is 15.8. The summed E-state index contributed by atoms with van der Waals surface area (Å²) < 4.78 is 44.0. The molecule has 3 aromatic heterocycles. The molecule has 1 N–H and O–H groups in total. The molecule has 2 aromatic carbocycles. The molecule has 0 aliphatic carbocycles. The highest BCUT2D eigenvalue weighted by Gasteiger charge is 2.29. The van der Waals surface area contributed by atoms with E-state index in [-0.39, 0.29) is 18.0 Å². The number of nitrogens with one attached hydrogen (secondary N) is 1. The van der Waals surface area contributed by atoms with Crippen molar-refractivity contribution in [1.82, 2.24) is 19.3 Å². The topological polar surface area (TPSA) is 107 Å². The second-order valence-corrected chi connectivity index (χ2v) is 11.0. The number of pyridine rings is 2. The first-order valence-corrected chi connectivity index (χ1v) is 14.4. The fourth-order valence-corrected chi connectivity index (χ4v) is 5.89. The number of imidazole rings is 1. The number of hydrogen-bond donors (Lipinski definition) is 1. The number of aromatic nitrogens is 3. The number of nitrogens with zero attached hydrogens (tertiary/aromatic N) is 4. The molecule has 10 nitrogen and oxygen atoms in total. The van der Waals surface area contributed by atoms with Crippen LogP contribution in [0.5, 0.6) is 0 Å². The molecule has 1 aliphatic rings. The zero-order chi connectivity index (χ0) is 31.8. The Bertz CT molecular complexity index is 1980. The summed E-state index contributed by atoms with van der Waals surface area (Å²) in [6.45, 7) is 3.16. The van der Waals surface area contributed by atoms with Crippen LogP contribution in [0.3, 0.4) is 0 Å². The maximum Gasteiger partial charge on any atom is 0.328 e. The zero-order valence-electron chi connectivity index (χ0n) is 24.9. The fourth-order valence-electron chi connectivity index (χ4n) is 5.89. The molecule has 1 saturated heterocycles. The van der Waals surface area contributed by atoms with Gasteiger partial charge in [0.2, 0.25) is 0 Å². The van der Waals surface area contributed by atoms with Gasteiger partial charge in [0.15, 0.2) is 0 Å². The Labute approximate surface area is 256 Å². The van der Waals surface area contributed by atoms with Crippen LogP contribution in [-0.2, 0) is 27.7 Å². The van der Waals surface area contributed by atoms with Crippen LogP contribution in [0, 0.1) is 11.6 Å². The van der Waals surface area contributed by atoms with Crippen LogP contribution < -0.4 is 15.8 Å². The lowest BCUT2D eigenvalue weighted by Crippen LogP contribution is -2.44. The number of ether oxygens (including phenoxy) is 2. The second-order valence-electron chi connectivity index (χ2n) is 11.0. The minimum Gasteiger partial charge on any atom is -0.467 e. The van der Waals surface area contributed by atoms with Crippen LogP contribution in [0.1, 0.15) is 23.0 Å². The van der Waals surface area contributed by atoms with E-state index in [1.54, 1.807) is 40.5 Å². The first-order chi connectivity index (χ1) is 21.7. The van der Waals surface area contributed by atoms with Gasteiger partial charge in [0, 0.05) is 55.4 Å². The van der Waals surface area contributed by atoms with Crippen LogP contribution in [0.25, 0.3) is 27.7 Å². The summed E-state index contributed by atoms with van der Waals surface area (Å²) in [5.74, 6) is -4.00. The van der Waals surface area contributed by atoms with Gasteiger partial charge in [-0.2, -0.15) is 0 Å². The Morgan fingerprint density at radius 3 is 2.60 bits per heavy atom. The van der Waals surface area contributed by atoms with Gasteiger partial charge in [0.05, 0.1) is 31.4 Å². The van der Waals surface area contributed by atoms with Crippen molar-refractivity contribution in [2.24, 2.45) is 7.05 Å². The van der Waals surface area contributed by atoms with Gasteiger partial charge in [0.1, 0.15) is 28.9 Å². The number of aryl methyl sites for hydroxylation is 1. The maximum absolute atomic E-state index is 15.2. The molecular formula is C33H31F2N5O5. The third-order valence-corrected chi connectivity index (χ3v) is 8.21. The molecule has 1 fully saturated rings. The molecule has 0 bridgehead atoms. The monoisotopic (exact) mass is 615 g/mol. The van der Waals surface area contributed by atoms with E-state index in [0.717, 1.165) is 30.1 Å². The number of hydrogen-bond acceptors (Lipinski definition) is 7. The molecule has 6 rings (SSSR count). The Morgan fingerprint density at radius 1 is 1.11 bits per heavy atom. The maximum atomic E-state index is 15.2. The Balaban J connectivity index is 1.30. The molecular weight excluding hydrogens is 584 g/mol. The number of rotatable bonds is 7. The first kappa shape index (κ1) is 29.9. The van der Waals surface area contributed by atoms with E-state index < -0.39 is 35.1 Å². The number of methoxy groups -OCH3 is 1. The van der Waals surface area contributed by atoms with Crippen molar-refractivity contribution in [3.63, 3.8) is 0 Å². The average Bonchev–Trinajstić information content (AvgIpc) is 3.53. The number of amides is 1. The summed E-state index contributed by atoms with van der Waals surface area (Å²) in [6.07, 6.45) is 3.13. The molecule has 1 amide bonds. The van der Waals surface area contributed by atoms with E-state index in [0.29, 0.717) is 47.9 Å². The van der Waals surface area contributed by atoms with Crippen LogP contribution in [-0.4, -0.2) is 64.8 Å². The third-order valence-electron chi connectivity index (χ3n) is 8.21. The largest absolute Gasteiger partial charge is 0.467 e. The summed E-state index contributed by atoms with van der Waals surface area (Å²) in [5.41, 5.74) is 2.10. The van der Waals surface area contributed by atoms with E-state index >= 15 is 8.78 Å². The van der Waals surface area contributed by atoms with Gasteiger partial charge in [-0.3, -0.25) is 9.59 Å². The van der Waals surface area contributed by atoms with Crippen molar-refractivity contribution < 1.29 is 27.8 Å². The number of carbonyl (C=O) groups excluding carboxylic acids is 2. The standard InChI is InChI=1S/C33H31F2N5O5/c1-19-18-45-13-12-39(19)22-15-25(34)29(26(35)16-22)31(41)37-27(33(43)44-3)17-21-8-9-23(30-36-10-11-40(21)30)24-14-20-6-4-5-7-28(20)38(2)32(24)42/h4-11,14-16,19,27H,12-13,17-18H2,1-3H3,(H,37,41)/t19-,27-/m0/s1. The van der Waals surface area contributed by atoms with Gasteiger partial charge in [-0.05, 0) is 48.7 Å². The molecule has 2 atom stereocenters. The van der Waals surface area contributed by atoms with Crippen LogP contribution in [0.2, 0.25) is 0 Å². The predicted molar refractivity (Wildman–Crippen MR) is 164 cm³/mol. The predicted octanol–water partition coefficient (Wildman–Crippen LogP) is 3.87. The van der Waals surface area contributed by atoms with Gasteiger partial charge >= 0.3 is 5.97 Å². The summed E-state index contributed by atoms with van der Waals surface area (Å²) in [7, 11) is 2.86. The number of para-hydroxylation sites is 1. The van der Waals surface area contributed by atoms with Crippen molar-refractivity contribution in [1.29, 1.82) is 0 Å². The lowest BCUT2D eigenvalue weighted by Gasteiger charge is -2.35. The minimum absolute atomic E-state index is 0.0894. The molecule has 0 saturated carbocycles. The first-order valence-electron chi connectivity index (χ1n) is 14.4.